The van der Waals surface area contributed by atoms with Crippen molar-refractivity contribution in [3.05, 3.63) is 23.8 Å². The van der Waals surface area contributed by atoms with Gasteiger partial charge >= 0.3 is 0 Å². The second kappa shape index (κ2) is 4.81. The molecule has 2 amide bonds. The van der Waals surface area contributed by atoms with Gasteiger partial charge in [0.05, 0.1) is 17.4 Å². The van der Waals surface area contributed by atoms with Gasteiger partial charge in [-0.3, -0.25) is 9.59 Å². The van der Waals surface area contributed by atoms with Crippen molar-refractivity contribution in [3.8, 4) is 0 Å². The molecule has 1 aromatic carbocycles. The number of piperazine rings is 1. The van der Waals surface area contributed by atoms with Crippen molar-refractivity contribution in [1.29, 1.82) is 0 Å². The monoisotopic (exact) mass is 309 g/mol. The summed E-state index contributed by atoms with van der Waals surface area (Å²) in [6.45, 7) is 2.11. The summed E-state index contributed by atoms with van der Waals surface area (Å²) in [5.74, 6) is -0.826. The summed E-state index contributed by atoms with van der Waals surface area (Å²) in [7, 11) is -3.72. The van der Waals surface area contributed by atoms with Gasteiger partial charge in [0.25, 0.3) is 0 Å². The summed E-state index contributed by atoms with van der Waals surface area (Å²) in [4.78, 5) is 23.1. The lowest BCUT2D eigenvalue weighted by Gasteiger charge is -2.26. The third-order valence-corrected chi connectivity index (χ3v) is 5.62. The summed E-state index contributed by atoms with van der Waals surface area (Å²) in [5.41, 5.74) is 1.31. The summed E-state index contributed by atoms with van der Waals surface area (Å²) in [6.07, 6.45) is 0. The molecule has 2 heterocycles. The highest BCUT2D eigenvalue weighted by Crippen LogP contribution is 2.34. The van der Waals surface area contributed by atoms with Gasteiger partial charge in [-0.05, 0) is 30.7 Å². The van der Waals surface area contributed by atoms with Crippen molar-refractivity contribution in [2.75, 3.05) is 25.0 Å². The van der Waals surface area contributed by atoms with Crippen LogP contribution in [0.5, 0.6) is 0 Å². The summed E-state index contributed by atoms with van der Waals surface area (Å²) in [6, 6.07) is 4.56. The van der Waals surface area contributed by atoms with Crippen molar-refractivity contribution in [3.63, 3.8) is 0 Å². The fourth-order valence-corrected chi connectivity index (χ4v) is 3.96. The molecule has 2 N–H and O–H groups in total. The number of anilines is 1. The molecule has 8 heteroatoms. The maximum absolute atomic E-state index is 12.6. The highest BCUT2D eigenvalue weighted by atomic mass is 32.2. The SMILES string of the molecule is CC1C(=O)Nc2ccc(S(=O)(=O)N3CCNC(=O)C3)cc21. The topological polar surface area (TPSA) is 95.6 Å². The Labute approximate surface area is 122 Å². The van der Waals surface area contributed by atoms with Gasteiger partial charge in [0.1, 0.15) is 0 Å². The molecule has 112 valence electrons. The maximum Gasteiger partial charge on any atom is 0.243 e. The Morgan fingerprint density at radius 1 is 1.29 bits per heavy atom. The van der Waals surface area contributed by atoms with Crippen molar-refractivity contribution in [1.82, 2.24) is 9.62 Å². The van der Waals surface area contributed by atoms with Crippen molar-refractivity contribution >= 4 is 27.5 Å². The van der Waals surface area contributed by atoms with Gasteiger partial charge in [0, 0.05) is 18.8 Å². The molecule has 0 aromatic heterocycles. The molecule has 2 aliphatic heterocycles. The Bertz CT molecular complexity index is 729. The Morgan fingerprint density at radius 3 is 2.76 bits per heavy atom. The van der Waals surface area contributed by atoms with Crippen LogP contribution in [-0.2, 0) is 19.6 Å². The molecule has 0 radical (unpaired) electrons. The first-order valence-electron chi connectivity index (χ1n) is 6.61. The predicted octanol–water partition coefficient (Wildman–Crippen LogP) is -0.137. The van der Waals surface area contributed by atoms with Crippen LogP contribution in [0.15, 0.2) is 23.1 Å². The number of carbonyl (C=O) groups excluding carboxylic acids is 2. The number of carbonyl (C=O) groups is 2. The van der Waals surface area contributed by atoms with E-state index < -0.39 is 10.0 Å². The average molecular weight is 309 g/mol. The molecule has 3 rings (SSSR count). The number of nitrogens with one attached hydrogen (secondary N) is 2. The third-order valence-electron chi connectivity index (χ3n) is 3.78. The number of benzene rings is 1. The van der Waals surface area contributed by atoms with Crippen LogP contribution >= 0.6 is 0 Å². The first-order chi connectivity index (χ1) is 9.89. The Kier molecular flexibility index (Phi) is 3.22. The molecule has 0 spiro atoms. The van der Waals surface area contributed by atoms with E-state index in [0.29, 0.717) is 17.8 Å². The number of sulfonamides is 1. The van der Waals surface area contributed by atoms with Gasteiger partial charge < -0.3 is 10.6 Å². The van der Waals surface area contributed by atoms with Crippen LogP contribution < -0.4 is 10.6 Å². The van der Waals surface area contributed by atoms with E-state index in [0.717, 1.165) is 4.31 Å². The van der Waals surface area contributed by atoms with Crippen LogP contribution in [-0.4, -0.2) is 44.2 Å². The zero-order valence-electron chi connectivity index (χ0n) is 11.4. The minimum atomic E-state index is -3.72. The number of hydrogen-bond donors (Lipinski definition) is 2. The highest BCUT2D eigenvalue weighted by Gasteiger charge is 2.32. The molecule has 1 saturated heterocycles. The number of fused-ring (bicyclic) bond motifs is 1. The molecular formula is C13H15N3O4S. The normalized spacial score (nSPS) is 22.6. The molecule has 1 unspecified atom stereocenters. The molecule has 0 saturated carbocycles. The van der Waals surface area contributed by atoms with Gasteiger partial charge in [-0.15, -0.1) is 0 Å². The second-order valence-corrected chi connectivity index (χ2v) is 7.09. The minimum Gasteiger partial charge on any atom is -0.354 e. The van der Waals surface area contributed by atoms with Crippen molar-refractivity contribution in [2.24, 2.45) is 0 Å². The lowest BCUT2D eigenvalue weighted by molar-refractivity contribution is -0.122. The van der Waals surface area contributed by atoms with Crippen LogP contribution in [0.4, 0.5) is 5.69 Å². The van der Waals surface area contributed by atoms with Crippen LogP contribution in [0, 0.1) is 0 Å². The molecule has 1 atom stereocenters. The number of hydrogen-bond acceptors (Lipinski definition) is 4. The third kappa shape index (κ3) is 2.30. The average Bonchev–Trinajstić information content (AvgIpc) is 2.74. The van der Waals surface area contributed by atoms with Crippen molar-refractivity contribution in [2.45, 2.75) is 17.7 Å². The molecular weight excluding hydrogens is 294 g/mol. The number of nitrogens with zero attached hydrogens (tertiary/aromatic N) is 1. The lowest BCUT2D eigenvalue weighted by atomic mass is 10.0. The fraction of sp³-hybridized carbons (Fsp3) is 0.385. The van der Waals surface area contributed by atoms with E-state index in [-0.39, 0.29) is 35.7 Å². The van der Waals surface area contributed by atoms with Gasteiger partial charge in [0.15, 0.2) is 0 Å². The van der Waals surface area contributed by atoms with Gasteiger partial charge in [-0.1, -0.05) is 0 Å². The first kappa shape index (κ1) is 14.0. The van der Waals surface area contributed by atoms with Crippen LogP contribution in [0.2, 0.25) is 0 Å². The Morgan fingerprint density at radius 2 is 2.05 bits per heavy atom. The van der Waals surface area contributed by atoms with Gasteiger partial charge in [-0.2, -0.15) is 4.31 Å². The first-order valence-corrected chi connectivity index (χ1v) is 8.05. The summed E-state index contributed by atoms with van der Waals surface area (Å²) < 4.78 is 26.3. The van der Waals surface area contributed by atoms with E-state index in [2.05, 4.69) is 10.6 Å². The van der Waals surface area contributed by atoms with E-state index in [9.17, 15) is 18.0 Å². The quantitative estimate of drug-likeness (QED) is 0.795. The zero-order valence-corrected chi connectivity index (χ0v) is 12.2. The molecule has 7 nitrogen and oxygen atoms in total. The van der Waals surface area contributed by atoms with Crippen LogP contribution in [0.1, 0.15) is 18.4 Å². The molecule has 2 aliphatic rings. The molecule has 1 fully saturated rings. The number of rotatable bonds is 2. The zero-order chi connectivity index (χ0) is 15.2. The lowest BCUT2D eigenvalue weighted by Crippen LogP contribution is -2.49. The molecule has 0 aliphatic carbocycles. The Balaban J connectivity index is 1.97. The van der Waals surface area contributed by atoms with Crippen LogP contribution in [0.3, 0.4) is 0 Å². The van der Waals surface area contributed by atoms with Gasteiger partial charge in [0.2, 0.25) is 21.8 Å². The largest absolute Gasteiger partial charge is 0.354 e. The van der Waals surface area contributed by atoms with E-state index in [1.165, 1.54) is 12.1 Å². The fourth-order valence-electron chi connectivity index (χ4n) is 2.52. The smallest absolute Gasteiger partial charge is 0.243 e. The number of amides is 2. The van der Waals surface area contributed by atoms with E-state index >= 15 is 0 Å². The van der Waals surface area contributed by atoms with Crippen molar-refractivity contribution < 1.29 is 18.0 Å². The van der Waals surface area contributed by atoms with E-state index in [1.807, 2.05) is 0 Å². The van der Waals surface area contributed by atoms with Gasteiger partial charge in [-0.25, -0.2) is 8.42 Å². The second-order valence-electron chi connectivity index (χ2n) is 5.15. The predicted molar refractivity (Wildman–Crippen MR) is 75.3 cm³/mol. The summed E-state index contributed by atoms with van der Waals surface area (Å²) in [5, 5.41) is 5.29. The van der Waals surface area contributed by atoms with E-state index in [1.54, 1.807) is 13.0 Å². The molecule has 21 heavy (non-hydrogen) atoms. The van der Waals surface area contributed by atoms with Crippen LogP contribution in [0.25, 0.3) is 0 Å². The van der Waals surface area contributed by atoms with E-state index in [4.69, 9.17) is 0 Å². The standard InChI is InChI=1S/C13H15N3O4S/c1-8-10-6-9(2-3-11(10)15-13(8)18)21(19,20)16-5-4-14-12(17)7-16/h2-3,6,8H,4-5,7H2,1H3,(H,14,17)(H,15,18). The Hall–Kier alpha value is -1.93. The summed E-state index contributed by atoms with van der Waals surface area (Å²) >= 11 is 0. The molecule has 1 aromatic rings. The maximum atomic E-state index is 12.6. The molecule has 0 bridgehead atoms. The highest BCUT2D eigenvalue weighted by molar-refractivity contribution is 7.89. The minimum absolute atomic E-state index is 0.110.